The van der Waals surface area contributed by atoms with Crippen molar-refractivity contribution in [1.29, 1.82) is 0 Å². The van der Waals surface area contributed by atoms with Gasteiger partial charge in [-0.25, -0.2) is 0 Å². The van der Waals surface area contributed by atoms with Crippen LogP contribution in [0.5, 0.6) is 0 Å². The fraction of sp³-hybridized carbons (Fsp3) is 0.222. The zero-order chi connectivity index (χ0) is 18.0. The van der Waals surface area contributed by atoms with Crippen molar-refractivity contribution in [2.45, 2.75) is 26.9 Å². The SMILES string of the molecule is C=CCn1c(C)cc(C(=O)Cn2nnc(-c3cccc(Cl)c3)n2)c1C. The van der Waals surface area contributed by atoms with Gasteiger partial charge in [-0.05, 0) is 37.3 Å². The highest BCUT2D eigenvalue weighted by Gasteiger charge is 2.17. The van der Waals surface area contributed by atoms with E-state index < -0.39 is 0 Å². The lowest BCUT2D eigenvalue weighted by Gasteiger charge is -2.06. The number of halogens is 1. The summed E-state index contributed by atoms with van der Waals surface area (Å²) in [7, 11) is 0. The van der Waals surface area contributed by atoms with Crippen molar-refractivity contribution >= 4 is 17.4 Å². The predicted molar refractivity (Wildman–Crippen MR) is 96.7 cm³/mol. The molecule has 0 saturated heterocycles. The van der Waals surface area contributed by atoms with Gasteiger partial charge >= 0.3 is 0 Å². The van der Waals surface area contributed by atoms with Gasteiger partial charge in [0.2, 0.25) is 5.82 Å². The number of hydrogen-bond acceptors (Lipinski definition) is 4. The van der Waals surface area contributed by atoms with Gasteiger partial charge in [0.05, 0.1) is 0 Å². The maximum Gasteiger partial charge on any atom is 0.204 e. The zero-order valence-corrected chi connectivity index (χ0v) is 14.9. The van der Waals surface area contributed by atoms with Crippen molar-refractivity contribution in [3.63, 3.8) is 0 Å². The number of hydrogen-bond donors (Lipinski definition) is 0. The molecule has 0 aliphatic rings. The molecule has 0 bridgehead atoms. The number of nitrogens with zero attached hydrogens (tertiary/aromatic N) is 5. The molecule has 128 valence electrons. The van der Waals surface area contributed by atoms with Gasteiger partial charge in [-0.1, -0.05) is 29.8 Å². The van der Waals surface area contributed by atoms with E-state index in [2.05, 4.69) is 22.0 Å². The molecule has 0 aliphatic heterocycles. The minimum Gasteiger partial charge on any atom is -0.345 e. The molecule has 6 nitrogen and oxygen atoms in total. The molecule has 3 aromatic rings. The van der Waals surface area contributed by atoms with Crippen molar-refractivity contribution in [2.75, 3.05) is 0 Å². The van der Waals surface area contributed by atoms with Gasteiger partial charge in [0.25, 0.3) is 0 Å². The van der Waals surface area contributed by atoms with Crippen molar-refractivity contribution in [2.24, 2.45) is 0 Å². The lowest BCUT2D eigenvalue weighted by molar-refractivity contribution is 0.0960. The molecule has 0 amide bonds. The normalized spacial score (nSPS) is 10.8. The van der Waals surface area contributed by atoms with Crippen LogP contribution in [0.4, 0.5) is 0 Å². The summed E-state index contributed by atoms with van der Waals surface area (Å²) < 4.78 is 2.05. The van der Waals surface area contributed by atoms with Crippen molar-refractivity contribution in [3.8, 4) is 11.4 Å². The number of rotatable bonds is 6. The first-order valence-corrected chi connectivity index (χ1v) is 8.22. The number of allylic oxidation sites excluding steroid dienone is 1. The molecule has 0 spiro atoms. The molecule has 7 heteroatoms. The highest BCUT2D eigenvalue weighted by molar-refractivity contribution is 6.30. The molecule has 0 aliphatic carbocycles. The lowest BCUT2D eigenvalue weighted by atomic mass is 10.1. The average Bonchev–Trinajstić information content (AvgIpc) is 3.15. The number of carbonyl (C=O) groups is 1. The highest BCUT2D eigenvalue weighted by Crippen LogP contribution is 2.19. The van der Waals surface area contributed by atoms with E-state index in [1.165, 1.54) is 4.80 Å². The standard InChI is InChI=1S/C18H18ClN5O/c1-4-8-23-12(2)9-16(13(23)3)17(25)11-24-21-18(20-22-24)14-6-5-7-15(19)10-14/h4-7,9-10H,1,8,11H2,2-3H3. The Morgan fingerprint density at radius 1 is 1.32 bits per heavy atom. The Kier molecular flexibility index (Phi) is 4.81. The van der Waals surface area contributed by atoms with Crippen LogP contribution >= 0.6 is 11.6 Å². The van der Waals surface area contributed by atoms with Crippen LogP contribution in [0.15, 0.2) is 43.0 Å². The minimum atomic E-state index is -0.0570. The minimum absolute atomic E-state index is 0.0337. The molecule has 0 radical (unpaired) electrons. The number of Topliss-reactive ketones (excluding diaryl/α,β-unsaturated/α-hetero) is 1. The van der Waals surface area contributed by atoms with E-state index >= 15 is 0 Å². The smallest absolute Gasteiger partial charge is 0.204 e. The topological polar surface area (TPSA) is 65.6 Å². The summed E-state index contributed by atoms with van der Waals surface area (Å²) in [6.07, 6.45) is 1.81. The van der Waals surface area contributed by atoms with E-state index in [-0.39, 0.29) is 12.3 Å². The summed E-state index contributed by atoms with van der Waals surface area (Å²) in [5.41, 5.74) is 3.36. The van der Waals surface area contributed by atoms with Crippen molar-refractivity contribution in [1.82, 2.24) is 24.8 Å². The quantitative estimate of drug-likeness (QED) is 0.501. The molecular formula is C18H18ClN5O. The van der Waals surface area contributed by atoms with E-state index in [0.29, 0.717) is 23.0 Å². The first-order valence-electron chi connectivity index (χ1n) is 7.84. The Bertz CT molecular complexity index is 941. The molecule has 0 N–H and O–H groups in total. The summed E-state index contributed by atoms with van der Waals surface area (Å²) in [5, 5.41) is 12.8. The molecule has 2 heterocycles. The van der Waals surface area contributed by atoms with Crippen LogP contribution in [0.1, 0.15) is 21.7 Å². The number of benzene rings is 1. The van der Waals surface area contributed by atoms with Gasteiger partial charge in [-0.15, -0.1) is 16.8 Å². The molecule has 3 rings (SSSR count). The van der Waals surface area contributed by atoms with E-state index in [0.717, 1.165) is 17.0 Å². The van der Waals surface area contributed by atoms with Gasteiger partial charge < -0.3 is 4.57 Å². The van der Waals surface area contributed by atoms with Gasteiger partial charge in [0.15, 0.2) is 5.78 Å². The Morgan fingerprint density at radius 2 is 2.12 bits per heavy atom. The number of ketones is 1. The van der Waals surface area contributed by atoms with Crippen LogP contribution in [0.3, 0.4) is 0 Å². The predicted octanol–water partition coefficient (Wildman–Crippen LogP) is 3.48. The number of aromatic nitrogens is 5. The zero-order valence-electron chi connectivity index (χ0n) is 14.1. The molecule has 0 saturated carbocycles. The van der Waals surface area contributed by atoms with E-state index in [1.54, 1.807) is 12.1 Å². The third kappa shape index (κ3) is 3.53. The fourth-order valence-corrected chi connectivity index (χ4v) is 2.95. The van der Waals surface area contributed by atoms with Gasteiger partial charge in [-0.3, -0.25) is 4.79 Å². The fourth-order valence-electron chi connectivity index (χ4n) is 2.76. The van der Waals surface area contributed by atoms with E-state index in [4.69, 9.17) is 11.6 Å². The monoisotopic (exact) mass is 355 g/mol. The summed E-state index contributed by atoms with van der Waals surface area (Å²) >= 11 is 5.98. The first-order chi connectivity index (χ1) is 12.0. The molecular weight excluding hydrogens is 338 g/mol. The Hall–Kier alpha value is -2.73. The summed E-state index contributed by atoms with van der Waals surface area (Å²) in [6, 6.07) is 9.08. The summed E-state index contributed by atoms with van der Waals surface area (Å²) in [5.74, 6) is 0.380. The third-order valence-corrected chi connectivity index (χ3v) is 4.24. The van der Waals surface area contributed by atoms with Crippen LogP contribution in [-0.2, 0) is 13.1 Å². The second-order valence-electron chi connectivity index (χ2n) is 5.76. The van der Waals surface area contributed by atoms with E-state index in [1.807, 2.05) is 42.7 Å². The lowest BCUT2D eigenvalue weighted by Crippen LogP contribution is -2.14. The Balaban J connectivity index is 1.80. The van der Waals surface area contributed by atoms with Crippen LogP contribution in [0.25, 0.3) is 11.4 Å². The molecule has 1 aromatic carbocycles. The van der Waals surface area contributed by atoms with Crippen molar-refractivity contribution < 1.29 is 4.79 Å². The summed E-state index contributed by atoms with van der Waals surface area (Å²) in [4.78, 5) is 13.9. The van der Waals surface area contributed by atoms with Crippen LogP contribution in [0.2, 0.25) is 5.02 Å². The number of tetrazole rings is 1. The van der Waals surface area contributed by atoms with E-state index in [9.17, 15) is 4.79 Å². The Morgan fingerprint density at radius 3 is 2.84 bits per heavy atom. The molecule has 0 atom stereocenters. The summed E-state index contributed by atoms with van der Waals surface area (Å²) in [6.45, 7) is 8.35. The average molecular weight is 356 g/mol. The molecule has 25 heavy (non-hydrogen) atoms. The van der Waals surface area contributed by atoms with Crippen LogP contribution in [0, 0.1) is 13.8 Å². The van der Waals surface area contributed by atoms with Crippen molar-refractivity contribution in [3.05, 3.63) is 65.0 Å². The molecule has 2 aromatic heterocycles. The second kappa shape index (κ2) is 7.03. The first kappa shape index (κ1) is 17.1. The number of aryl methyl sites for hydroxylation is 1. The van der Waals surface area contributed by atoms with Gasteiger partial charge in [0.1, 0.15) is 6.54 Å². The highest BCUT2D eigenvalue weighted by atomic mass is 35.5. The Labute approximate surface area is 150 Å². The van der Waals surface area contributed by atoms with Crippen LogP contribution < -0.4 is 0 Å². The maximum atomic E-state index is 12.6. The van der Waals surface area contributed by atoms with Crippen LogP contribution in [-0.4, -0.2) is 30.6 Å². The largest absolute Gasteiger partial charge is 0.345 e. The molecule has 0 unspecified atom stereocenters. The molecule has 0 fully saturated rings. The maximum absolute atomic E-state index is 12.6. The van der Waals surface area contributed by atoms with Gasteiger partial charge in [-0.2, -0.15) is 4.80 Å². The number of carbonyl (C=O) groups excluding carboxylic acids is 1. The second-order valence-corrected chi connectivity index (χ2v) is 6.20. The third-order valence-electron chi connectivity index (χ3n) is 4.01. The van der Waals surface area contributed by atoms with Gasteiger partial charge in [0, 0.05) is 34.1 Å².